The van der Waals surface area contributed by atoms with Crippen LogP contribution in [-0.4, -0.2) is 34.3 Å². The predicted octanol–water partition coefficient (Wildman–Crippen LogP) is 0.292. The van der Waals surface area contributed by atoms with Crippen LogP contribution in [0.1, 0.15) is 6.92 Å². The van der Waals surface area contributed by atoms with Crippen LogP contribution < -0.4 is 0 Å². The second-order valence-corrected chi connectivity index (χ2v) is 2.61. The van der Waals surface area contributed by atoms with Gasteiger partial charge in [-0.2, -0.15) is 0 Å². The van der Waals surface area contributed by atoms with Gasteiger partial charge in [0.25, 0.3) is 0 Å². The quantitative estimate of drug-likeness (QED) is 0.456. The summed E-state index contributed by atoms with van der Waals surface area (Å²) in [6, 6.07) is 0. The van der Waals surface area contributed by atoms with E-state index in [-0.39, 0.29) is 18.8 Å². The van der Waals surface area contributed by atoms with Crippen molar-refractivity contribution in [3.05, 3.63) is 12.2 Å². The summed E-state index contributed by atoms with van der Waals surface area (Å²) >= 11 is 0. The van der Waals surface area contributed by atoms with Crippen LogP contribution in [0.2, 0.25) is 0 Å². The molecule has 13 heavy (non-hydrogen) atoms. The lowest BCUT2D eigenvalue weighted by molar-refractivity contribution is -0.132. The summed E-state index contributed by atoms with van der Waals surface area (Å²) < 4.78 is 13.6. The average Bonchev–Trinajstić information content (AvgIpc) is 2.01. The van der Waals surface area contributed by atoms with E-state index >= 15 is 0 Å². The predicted molar refractivity (Wildman–Crippen MR) is 45.3 cm³/mol. The van der Waals surface area contributed by atoms with Gasteiger partial charge in [-0.15, -0.1) is 9.42 Å². The molecular formula is C6H12O6P+. The third-order valence-electron chi connectivity index (χ3n) is 0.658. The maximum absolute atomic E-state index is 9.60. The molecule has 0 aliphatic carbocycles. The number of hydrogen-bond acceptors (Lipinski definition) is 4. The molecule has 1 atom stereocenters. The minimum Gasteiger partial charge on any atom is -0.478 e. The first-order valence-electron chi connectivity index (χ1n) is 3.20. The second kappa shape index (κ2) is 9.28. The van der Waals surface area contributed by atoms with Crippen LogP contribution in [0, 0.1) is 0 Å². The van der Waals surface area contributed by atoms with E-state index < -0.39 is 14.2 Å². The molecule has 0 fully saturated rings. The maximum atomic E-state index is 9.60. The lowest BCUT2D eigenvalue weighted by Crippen LogP contribution is -1.92. The third-order valence-corrected chi connectivity index (χ3v) is 1.06. The van der Waals surface area contributed by atoms with E-state index in [0.29, 0.717) is 0 Å². The van der Waals surface area contributed by atoms with E-state index in [1.807, 2.05) is 0 Å². The fraction of sp³-hybridized carbons (Fsp3) is 0.500. The van der Waals surface area contributed by atoms with E-state index in [1.165, 1.54) is 6.92 Å². The molecule has 0 rings (SSSR count). The summed E-state index contributed by atoms with van der Waals surface area (Å²) in [6.07, 6.45) is 0. The van der Waals surface area contributed by atoms with Gasteiger partial charge in [0.1, 0.15) is 6.61 Å². The number of rotatable bonds is 4. The number of aliphatic hydroxyl groups excluding tert-OH is 1. The van der Waals surface area contributed by atoms with Crippen LogP contribution in [-0.2, 0) is 13.9 Å². The first kappa shape index (κ1) is 14.7. The zero-order valence-corrected chi connectivity index (χ0v) is 8.03. The Morgan fingerprint density at radius 3 is 2.08 bits per heavy atom. The van der Waals surface area contributed by atoms with Gasteiger partial charge in [-0.25, -0.2) is 4.79 Å². The maximum Gasteiger partial charge on any atom is 0.694 e. The summed E-state index contributed by atoms with van der Waals surface area (Å²) in [5.41, 5.74) is 0.176. The van der Waals surface area contributed by atoms with E-state index in [9.17, 15) is 9.36 Å². The fourth-order valence-corrected chi connectivity index (χ4v) is 0.357. The number of carbonyl (C=O) groups is 1. The van der Waals surface area contributed by atoms with Crippen molar-refractivity contribution in [1.82, 2.24) is 0 Å². The van der Waals surface area contributed by atoms with Crippen molar-refractivity contribution in [2.24, 2.45) is 0 Å². The van der Waals surface area contributed by atoms with Crippen LogP contribution in [0.15, 0.2) is 12.2 Å². The molecular weight excluding hydrogens is 199 g/mol. The first-order valence-corrected chi connectivity index (χ1v) is 4.33. The summed E-state index contributed by atoms with van der Waals surface area (Å²) in [5, 5.41) is 15.8. The normalized spacial score (nSPS) is 9.62. The van der Waals surface area contributed by atoms with Crippen molar-refractivity contribution in [2.75, 3.05) is 13.2 Å². The molecule has 7 heteroatoms. The van der Waals surface area contributed by atoms with Crippen LogP contribution in [0.25, 0.3) is 0 Å². The van der Waals surface area contributed by atoms with Crippen molar-refractivity contribution in [2.45, 2.75) is 6.92 Å². The largest absolute Gasteiger partial charge is 0.694 e. The van der Waals surface area contributed by atoms with Gasteiger partial charge in [0.05, 0.1) is 6.61 Å². The van der Waals surface area contributed by atoms with Gasteiger partial charge in [-0.1, -0.05) is 6.58 Å². The molecule has 0 aromatic rings. The molecule has 0 aromatic heterocycles. The number of hydrogen-bond donors (Lipinski definition) is 3. The molecule has 0 saturated carbocycles. The van der Waals surface area contributed by atoms with Crippen LogP contribution >= 0.6 is 8.25 Å². The molecule has 76 valence electrons. The summed E-state index contributed by atoms with van der Waals surface area (Å²) in [5.74, 6) is -0.935. The molecule has 0 saturated heterocycles. The molecule has 6 nitrogen and oxygen atoms in total. The standard InChI is InChI=1S/C4H6O2.C2H5O4P/c1-3(2)4(5)6;3-1-2-6-7(4)5/h1H2,2H3,(H,5,6);3H,1-2H2/p+1. The Hall–Kier alpha value is -0.810. The monoisotopic (exact) mass is 211 g/mol. The lowest BCUT2D eigenvalue weighted by atomic mass is 10.4. The van der Waals surface area contributed by atoms with Crippen LogP contribution in [0.5, 0.6) is 0 Å². The highest BCUT2D eigenvalue weighted by Gasteiger charge is 2.08. The fourth-order valence-electron chi connectivity index (χ4n) is 0.119. The highest BCUT2D eigenvalue weighted by atomic mass is 31.1. The van der Waals surface area contributed by atoms with Crippen molar-refractivity contribution < 1.29 is 29.0 Å². The molecule has 1 unspecified atom stereocenters. The minimum absolute atomic E-state index is 0.0777. The van der Waals surface area contributed by atoms with Gasteiger partial charge < -0.3 is 10.2 Å². The third kappa shape index (κ3) is 18.3. The van der Waals surface area contributed by atoms with Gasteiger partial charge in [-0.3, -0.25) is 0 Å². The zero-order valence-electron chi connectivity index (χ0n) is 7.13. The average molecular weight is 211 g/mol. The van der Waals surface area contributed by atoms with Crippen molar-refractivity contribution in [3.63, 3.8) is 0 Å². The highest BCUT2D eigenvalue weighted by Crippen LogP contribution is 2.12. The van der Waals surface area contributed by atoms with Gasteiger partial charge in [0, 0.05) is 10.1 Å². The SMILES string of the molecule is C=C(C)C(=O)O.O=[P+](O)OCCO. The summed E-state index contributed by atoms with van der Waals surface area (Å²) in [6.45, 7) is 4.30. The smallest absolute Gasteiger partial charge is 0.478 e. The molecule has 3 N–H and O–H groups in total. The molecule has 0 aliphatic rings. The van der Waals surface area contributed by atoms with Crippen molar-refractivity contribution >= 4 is 14.2 Å². The van der Waals surface area contributed by atoms with Gasteiger partial charge in [0.15, 0.2) is 0 Å². The Morgan fingerprint density at radius 1 is 1.62 bits per heavy atom. The Kier molecular flexibility index (Phi) is 10.5. The molecule has 0 radical (unpaired) electrons. The number of aliphatic hydroxyl groups is 1. The molecule has 0 heterocycles. The second-order valence-electron chi connectivity index (χ2n) is 1.88. The number of carboxylic acids is 1. The van der Waals surface area contributed by atoms with E-state index in [4.69, 9.17) is 15.1 Å². The molecule has 0 aromatic carbocycles. The van der Waals surface area contributed by atoms with Crippen molar-refractivity contribution in [3.8, 4) is 0 Å². The van der Waals surface area contributed by atoms with E-state index in [0.717, 1.165) is 0 Å². The number of carboxylic acid groups (broad SMARTS) is 1. The molecule has 0 spiro atoms. The topological polar surface area (TPSA) is 104 Å². The molecule has 0 amide bonds. The Labute approximate surface area is 76.4 Å². The Balaban J connectivity index is 0. The summed E-state index contributed by atoms with van der Waals surface area (Å²) in [7, 11) is -2.52. The van der Waals surface area contributed by atoms with Gasteiger partial charge in [0.2, 0.25) is 0 Å². The Bertz CT molecular complexity index is 178. The molecule has 0 bridgehead atoms. The van der Waals surface area contributed by atoms with E-state index in [1.54, 1.807) is 0 Å². The minimum atomic E-state index is -2.52. The van der Waals surface area contributed by atoms with Gasteiger partial charge in [-0.05, 0) is 6.92 Å². The molecule has 0 aliphatic heterocycles. The van der Waals surface area contributed by atoms with Crippen LogP contribution in [0.3, 0.4) is 0 Å². The first-order chi connectivity index (χ1) is 5.91. The summed E-state index contributed by atoms with van der Waals surface area (Å²) in [4.78, 5) is 17.5. The lowest BCUT2D eigenvalue weighted by Gasteiger charge is -1.79. The van der Waals surface area contributed by atoms with Crippen LogP contribution in [0.4, 0.5) is 0 Å². The Morgan fingerprint density at radius 2 is 2.00 bits per heavy atom. The van der Waals surface area contributed by atoms with E-state index in [2.05, 4.69) is 11.1 Å². The number of aliphatic carboxylic acids is 1. The highest BCUT2D eigenvalue weighted by molar-refractivity contribution is 7.32. The van der Waals surface area contributed by atoms with Gasteiger partial charge >= 0.3 is 14.2 Å². The zero-order chi connectivity index (χ0) is 10.9. The van der Waals surface area contributed by atoms with Crippen molar-refractivity contribution in [1.29, 1.82) is 0 Å².